The number of benzene rings is 2. The van der Waals surface area contributed by atoms with Gasteiger partial charge in [0.1, 0.15) is 0 Å². The third-order valence-corrected chi connectivity index (χ3v) is 4.09. The Kier molecular flexibility index (Phi) is 6.69. The zero-order chi connectivity index (χ0) is 18.2. The molecule has 0 radical (unpaired) electrons. The molecular formula is C20H26N2O3. The fraction of sp³-hybridized carbons (Fsp3) is 0.350. The van der Waals surface area contributed by atoms with Gasteiger partial charge in [-0.05, 0) is 49.1 Å². The van der Waals surface area contributed by atoms with Crippen LogP contribution in [0, 0.1) is 13.8 Å². The summed E-state index contributed by atoms with van der Waals surface area (Å²) in [7, 11) is 3.23. The maximum Gasteiger partial charge on any atom is 0.239 e. The van der Waals surface area contributed by atoms with E-state index in [9.17, 15) is 4.79 Å². The highest BCUT2D eigenvalue weighted by Crippen LogP contribution is 2.27. The van der Waals surface area contributed by atoms with Crippen LogP contribution in [0.1, 0.15) is 16.7 Å². The SMILES string of the molecule is COc1ccc(CCNC(=O)CNc2c(C)cccc2C)cc1OC. The molecule has 0 saturated heterocycles. The van der Waals surface area contributed by atoms with Crippen LogP contribution in [0.5, 0.6) is 11.5 Å². The molecule has 134 valence electrons. The molecule has 25 heavy (non-hydrogen) atoms. The number of aryl methyl sites for hydroxylation is 2. The lowest BCUT2D eigenvalue weighted by Gasteiger charge is -2.13. The molecule has 5 heteroatoms. The second-order valence-corrected chi connectivity index (χ2v) is 5.91. The summed E-state index contributed by atoms with van der Waals surface area (Å²) in [4.78, 5) is 12.0. The summed E-state index contributed by atoms with van der Waals surface area (Å²) < 4.78 is 10.5. The topological polar surface area (TPSA) is 59.6 Å². The second kappa shape index (κ2) is 8.97. The van der Waals surface area contributed by atoms with Gasteiger partial charge in [0.25, 0.3) is 0 Å². The highest BCUT2D eigenvalue weighted by molar-refractivity contribution is 5.81. The fourth-order valence-corrected chi connectivity index (χ4v) is 2.71. The van der Waals surface area contributed by atoms with Gasteiger partial charge in [-0.15, -0.1) is 0 Å². The molecule has 2 aromatic rings. The molecule has 0 heterocycles. The molecule has 0 atom stereocenters. The first-order valence-electron chi connectivity index (χ1n) is 8.33. The van der Waals surface area contributed by atoms with Gasteiger partial charge in [0.05, 0.1) is 20.8 Å². The molecule has 0 aromatic heterocycles. The van der Waals surface area contributed by atoms with E-state index in [1.807, 2.05) is 50.2 Å². The second-order valence-electron chi connectivity index (χ2n) is 5.91. The van der Waals surface area contributed by atoms with E-state index in [4.69, 9.17) is 9.47 Å². The minimum atomic E-state index is -0.0249. The van der Waals surface area contributed by atoms with Crippen LogP contribution >= 0.6 is 0 Å². The minimum Gasteiger partial charge on any atom is -0.493 e. The van der Waals surface area contributed by atoms with E-state index < -0.39 is 0 Å². The predicted octanol–water partition coefficient (Wildman–Crippen LogP) is 3.09. The van der Waals surface area contributed by atoms with E-state index in [1.165, 1.54) is 0 Å². The van der Waals surface area contributed by atoms with Crippen molar-refractivity contribution in [2.75, 3.05) is 32.6 Å². The van der Waals surface area contributed by atoms with Crippen molar-refractivity contribution >= 4 is 11.6 Å². The lowest BCUT2D eigenvalue weighted by molar-refractivity contribution is -0.119. The van der Waals surface area contributed by atoms with Crippen molar-refractivity contribution in [3.8, 4) is 11.5 Å². The Morgan fingerprint density at radius 1 is 1.00 bits per heavy atom. The van der Waals surface area contributed by atoms with Crippen molar-refractivity contribution in [2.45, 2.75) is 20.3 Å². The molecule has 5 nitrogen and oxygen atoms in total. The molecule has 0 unspecified atom stereocenters. The van der Waals surface area contributed by atoms with Gasteiger partial charge < -0.3 is 20.1 Å². The molecule has 0 aliphatic rings. The first-order valence-corrected chi connectivity index (χ1v) is 8.33. The Labute approximate surface area is 149 Å². The van der Waals surface area contributed by atoms with Crippen LogP contribution in [0.4, 0.5) is 5.69 Å². The lowest BCUT2D eigenvalue weighted by Crippen LogP contribution is -2.31. The van der Waals surface area contributed by atoms with E-state index in [0.717, 1.165) is 28.8 Å². The molecule has 2 rings (SSSR count). The van der Waals surface area contributed by atoms with Gasteiger partial charge in [-0.25, -0.2) is 0 Å². The Morgan fingerprint density at radius 2 is 1.68 bits per heavy atom. The zero-order valence-electron chi connectivity index (χ0n) is 15.3. The van der Waals surface area contributed by atoms with Crippen LogP contribution in [0.3, 0.4) is 0 Å². The lowest BCUT2D eigenvalue weighted by atomic mass is 10.1. The Hall–Kier alpha value is -2.69. The van der Waals surface area contributed by atoms with Gasteiger partial charge in [-0.2, -0.15) is 0 Å². The van der Waals surface area contributed by atoms with Gasteiger partial charge >= 0.3 is 0 Å². The van der Waals surface area contributed by atoms with E-state index in [0.29, 0.717) is 18.0 Å². The number of carbonyl (C=O) groups excluding carboxylic acids is 1. The monoisotopic (exact) mass is 342 g/mol. The molecule has 0 aliphatic heterocycles. The first kappa shape index (κ1) is 18.6. The van der Waals surface area contributed by atoms with Gasteiger partial charge in [0, 0.05) is 12.2 Å². The number of carbonyl (C=O) groups is 1. The standard InChI is InChI=1S/C20H26N2O3/c1-14-6-5-7-15(2)20(14)22-13-19(23)21-11-10-16-8-9-17(24-3)18(12-16)25-4/h5-9,12,22H,10-11,13H2,1-4H3,(H,21,23). The minimum absolute atomic E-state index is 0.0249. The first-order chi connectivity index (χ1) is 12.0. The average Bonchev–Trinajstić information content (AvgIpc) is 2.61. The molecule has 0 aliphatic carbocycles. The third-order valence-electron chi connectivity index (χ3n) is 4.09. The highest BCUT2D eigenvalue weighted by atomic mass is 16.5. The van der Waals surface area contributed by atoms with E-state index in [2.05, 4.69) is 10.6 Å². The Morgan fingerprint density at radius 3 is 2.32 bits per heavy atom. The summed E-state index contributed by atoms with van der Waals surface area (Å²) >= 11 is 0. The summed E-state index contributed by atoms with van der Waals surface area (Å²) in [6.07, 6.45) is 0.732. The molecule has 1 amide bonds. The van der Waals surface area contributed by atoms with Crippen LogP contribution in [-0.4, -0.2) is 33.2 Å². The molecule has 0 spiro atoms. The van der Waals surface area contributed by atoms with Crippen LogP contribution in [0.15, 0.2) is 36.4 Å². The molecular weight excluding hydrogens is 316 g/mol. The number of hydrogen-bond acceptors (Lipinski definition) is 4. The van der Waals surface area contributed by atoms with Crippen molar-refractivity contribution in [3.05, 3.63) is 53.1 Å². The largest absolute Gasteiger partial charge is 0.493 e. The molecule has 0 fully saturated rings. The molecule has 0 bridgehead atoms. The quantitative estimate of drug-likeness (QED) is 0.774. The molecule has 2 aromatic carbocycles. The number of para-hydroxylation sites is 1. The van der Waals surface area contributed by atoms with Crippen molar-refractivity contribution in [1.82, 2.24) is 5.32 Å². The van der Waals surface area contributed by atoms with Crippen molar-refractivity contribution in [2.24, 2.45) is 0 Å². The van der Waals surface area contributed by atoms with Gasteiger partial charge in [-0.3, -0.25) is 4.79 Å². The number of methoxy groups -OCH3 is 2. The van der Waals surface area contributed by atoms with Gasteiger partial charge in [0.2, 0.25) is 5.91 Å². The number of anilines is 1. The highest BCUT2D eigenvalue weighted by Gasteiger charge is 2.07. The smallest absolute Gasteiger partial charge is 0.239 e. The van der Waals surface area contributed by atoms with Crippen LogP contribution in [0.25, 0.3) is 0 Å². The number of hydrogen-bond donors (Lipinski definition) is 2. The number of amides is 1. The Balaban J connectivity index is 1.81. The Bertz CT molecular complexity index is 709. The summed E-state index contributed by atoms with van der Waals surface area (Å²) in [5.74, 6) is 1.37. The van der Waals surface area contributed by atoms with Gasteiger partial charge in [0.15, 0.2) is 11.5 Å². The molecule has 0 saturated carbocycles. The van der Waals surface area contributed by atoms with Crippen molar-refractivity contribution in [3.63, 3.8) is 0 Å². The predicted molar refractivity (Wildman–Crippen MR) is 101 cm³/mol. The molecule has 2 N–H and O–H groups in total. The maximum absolute atomic E-state index is 12.0. The van der Waals surface area contributed by atoms with Crippen molar-refractivity contribution in [1.29, 1.82) is 0 Å². The summed E-state index contributed by atoms with van der Waals surface area (Å²) in [6, 6.07) is 11.9. The summed E-state index contributed by atoms with van der Waals surface area (Å²) in [5, 5.41) is 6.15. The van der Waals surface area contributed by atoms with Crippen molar-refractivity contribution < 1.29 is 14.3 Å². The number of rotatable bonds is 8. The van der Waals surface area contributed by atoms with E-state index in [-0.39, 0.29) is 12.5 Å². The summed E-state index contributed by atoms with van der Waals surface area (Å²) in [6.45, 7) is 4.90. The fourth-order valence-electron chi connectivity index (χ4n) is 2.71. The van der Waals surface area contributed by atoms with Crippen LogP contribution in [-0.2, 0) is 11.2 Å². The van der Waals surface area contributed by atoms with Crippen LogP contribution < -0.4 is 20.1 Å². The number of ether oxygens (including phenoxy) is 2. The third kappa shape index (κ3) is 5.14. The zero-order valence-corrected chi connectivity index (χ0v) is 15.3. The van der Waals surface area contributed by atoms with Gasteiger partial charge in [-0.1, -0.05) is 24.3 Å². The average molecular weight is 342 g/mol. The van der Waals surface area contributed by atoms with E-state index in [1.54, 1.807) is 14.2 Å². The normalized spacial score (nSPS) is 10.2. The van der Waals surface area contributed by atoms with Crippen LogP contribution in [0.2, 0.25) is 0 Å². The maximum atomic E-state index is 12.0. The summed E-state index contributed by atoms with van der Waals surface area (Å²) in [5.41, 5.74) is 4.38. The number of nitrogens with one attached hydrogen (secondary N) is 2. The van der Waals surface area contributed by atoms with E-state index >= 15 is 0 Å².